The van der Waals surface area contributed by atoms with Gasteiger partial charge in [0.15, 0.2) is 12.6 Å². The molecular formula is C17H20F3IN4O. The van der Waals surface area contributed by atoms with Crippen LogP contribution in [0.3, 0.4) is 0 Å². The van der Waals surface area contributed by atoms with E-state index in [2.05, 4.69) is 27.0 Å². The summed E-state index contributed by atoms with van der Waals surface area (Å²) < 4.78 is 40.7. The number of rotatable bonds is 6. The molecule has 1 aromatic heterocycles. The van der Waals surface area contributed by atoms with Crippen LogP contribution in [0.25, 0.3) is 0 Å². The number of nitrogens with two attached hydrogens (primary N) is 1. The van der Waals surface area contributed by atoms with Crippen LogP contribution in [0.2, 0.25) is 0 Å². The Kier molecular flexibility index (Phi) is 8.62. The van der Waals surface area contributed by atoms with Gasteiger partial charge in [-0.1, -0.05) is 25.1 Å². The van der Waals surface area contributed by atoms with Crippen molar-refractivity contribution in [2.24, 2.45) is 10.7 Å². The molecule has 9 heteroatoms. The zero-order chi connectivity index (χ0) is 18.3. The fraction of sp³-hybridized carbons (Fsp3) is 0.294. The first-order valence-corrected chi connectivity index (χ1v) is 7.66. The van der Waals surface area contributed by atoms with Gasteiger partial charge in [-0.3, -0.25) is 0 Å². The summed E-state index contributed by atoms with van der Waals surface area (Å²) in [5.41, 5.74) is 8.57. The van der Waals surface area contributed by atoms with Gasteiger partial charge >= 0.3 is 6.18 Å². The lowest BCUT2D eigenvalue weighted by Gasteiger charge is -2.08. The maximum Gasteiger partial charge on any atom is 0.422 e. The highest BCUT2D eigenvalue weighted by molar-refractivity contribution is 14.0. The lowest BCUT2D eigenvalue weighted by molar-refractivity contribution is -0.154. The Bertz CT molecular complexity index is 703. The van der Waals surface area contributed by atoms with E-state index in [1.54, 1.807) is 6.07 Å². The largest absolute Gasteiger partial charge is 0.468 e. The molecule has 142 valence electrons. The molecule has 0 fully saturated rings. The summed E-state index contributed by atoms with van der Waals surface area (Å²) in [5, 5.41) is 2.97. The van der Waals surface area contributed by atoms with Crippen molar-refractivity contribution in [3.63, 3.8) is 0 Å². The van der Waals surface area contributed by atoms with Crippen molar-refractivity contribution in [2.45, 2.75) is 26.1 Å². The van der Waals surface area contributed by atoms with Gasteiger partial charge in [0.2, 0.25) is 5.88 Å². The molecule has 26 heavy (non-hydrogen) atoms. The van der Waals surface area contributed by atoms with Gasteiger partial charge < -0.3 is 15.8 Å². The van der Waals surface area contributed by atoms with Gasteiger partial charge in [0.25, 0.3) is 0 Å². The highest BCUT2D eigenvalue weighted by Crippen LogP contribution is 2.17. The number of hydrogen-bond acceptors (Lipinski definition) is 3. The summed E-state index contributed by atoms with van der Waals surface area (Å²) in [6, 6.07) is 10.8. The topological polar surface area (TPSA) is 72.5 Å². The fourth-order valence-electron chi connectivity index (χ4n) is 1.93. The number of benzene rings is 1. The number of aryl methyl sites for hydroxylation is 1. The Morgan fingerprint density at radius 2 is 1.81 bits per heavy atom. The summed E-state index contributed by atoms with van der Waals surface area (Å²) in [5.74, 6) is 0.147. The van der Waals surface area contributed by atoms with Crippen LogP contribution >= 0.6 is 24.0 Å². The standard InChI is InChI=1S/C17H19F3N4O.HI/c1-2-12-3-6-14(7-4-12)24-16(21)23-10-13-5-8-15(22-9-13)25-11-17(18,19)20;/h3-9H,2,10-11H2,1H3,(H3,21,23,24);1H. The van der Waals surface area contributed by atoms with E-state index < -0.39 is 12.8 Å². The Balaban J connectivity index is 0.00000338. The summed E-state index contributed by atoms with van der Waals surface area (Å²) in [6.07, 6.45) is -2.03. The van der Waals surface area contributed by atoms with E-state index in [1.165, 1.54) is 17.8 Å². The molecule has 0 aliphatic carbocycles. The fourth-order valence-corrected chi connectivity index (χ4v) is 1.93. The Labute approximate surface area is 166 Å². The Morgan fingerprint density at radius 1 is 1.15 bits per heavy atom. The quantitative estimate of drug-likeness (QED) is 0.371. The molecule has 3 N–H and O–H groups in total. The molecule has 0 unspecified atom stereocenters. The van der Waals surface area contributed by atoms with Crippen LogP contribution in [0.15, 0.2) is 47.6 Å². The van der Waals surface area contributed by atoms with Gasteiger partial charge in [0, 0.05) is 18.0 Å². The lowest BCUT2D eigenvalue weighted by Crippen LogP contribution is -2.22. The van der Waals surface area contributed by atoms with Crippen molar-refractivity contribution in [3.8, 4) is 5.88 Å². The molecule has 0 amide bonds. The second-order valence-electron chi connectivity index (χ2n) is 5.29. The maximum absolute atomic E-state index is 12.1. The van der Waals surface area contributed by atoms with E-state index in [9.17, 15) is 13.2 Å². The molecule has 2 aromatic rings. The minimum absolute atomic E-state index is 0. The number of nitrogens with zero attached hydrogens (tertiary/aromatic N) is 2. The van der Waals surface area contributed by atoms with Crippen molar-refractivity contribution in [3.05, 3.63) is 53.7 Å². The molecule has 2 rings (SSSR count). The van der Waals surface area contributed by atoms with Gasteiger partial charge in [0.1, 0.15) is 0 Å². The number of aromatic nitrogens is 1. The van der Waals surface area contributed by atoms with E-state index in [0.717, 1.165) is 12.1 Å². The second kappa shape index (κ2) is 10.2. The third-order valence-corrected chi connectivity index (χ3v) is 3.25. The SMILES string of the molecule is CCc1ccc(NC(N)=NCc2ccc(OCC(F)(F)F)nc2)cc1.I. The predicted octanol–water partition coefficient (Wildman–Crippen LogP) is 4.13. The molecule has 0 atom stereocenters. The average molecular weight is 480 g/mol. The van der Waals surface area contributed by atoms with Gasteiger partial charge in [-0.15, -0.1) is 24.0 Å². The number of anilines is 1. The molecule has 0 radical (unpaired) electrons. The molecule has 0 saturated heterocycles. The Hall–Kier alpha value is -2.04. The number of alkyl halides is 3. The monoisotopic (exact) mass is 480 g/mol. The first-order valence-electron chi connectivity index (χ1n) is 7.66. The van der Waals surface area contributed by atoms with Crippen molar-refractivity contribution in [1.29, 1.82) is 0 Å². The first-order chi connectivity index (χ1) is 11.9. The molecule has 5 nitrogen and oxygen atoms in total. The smallest absolute Gasteiger partial charge is 0.422 e. The minimum atomic E-state index is -4.39. The zero-order valence-corrected chi connectivity index (χ0v) is 16.4. The van der Waals surface area contributed by atoms with Crippen LogP contribution in [0.5, 0.6) is 5.88 Å². The molecule has 0 aliphatic rings. The van der Waals surface area contributed by atoms with Gasteiger partial charge in [-0.05, 0) is 29.7 Å². The number of halogens is 4. The number of nitrogens with one attached hydrogen (secondary N) is 1. The average Bonchev–Trinajstić information content (AvgIpc) is 2.59. The lowest BCUT2D eigenvalue weighted by atomic mass is 10.1. The van der Waals surface area contributed by atoms with Crippen LogP contribution < -0.4 is 15.8 Å². The van der Waals surface area contributed by atoms with Crippen LogP contribution in [0.1, 0.15) is 18.1 Å². The maximum atomic E-state index is 12.1. The van der Waals surface area contributed by atoms with E-state index in [0.29, 0.717) is 5.56 Å². The molecule has 0 saturated carbocycles. The molecule has 1 heterocycles. The van der Waals surface area contributed by atoms with Crippen LogP contribution in [0, 0.1) is 0 Å². The van der Waals surface area contributed by atoms with Gasteiger partial charge in [-0.25, -0.2) is 9.98 Å². The zero-order valence-electron chi connectivity index (χ0n) is 14.1. The third-order valence-electron chi connectivity index (χ3n) is 3.25. The molecule has 1 aromatic carbocycles. The number of ether oxygens (including phenoxy) is 1. The number of pyridine rings is 1. The molecule has 0 spiro atoms. The van der Waals surface area contributed by atoms with Gasteiger partial charge in [-0.2, -0.15) is 13.2 Å². The van der Waals surface area contributed by atoms with E-state index in [1.807, 2.05) is 24.3 Å². The highest BCUT2D eigenvalue weighted by Gasteiger charge is 2.28. The Morgan fingerprint density at radius 3 is 2.35 bits per heavy atom. The minimum Gasteiger partial charge on any atom is -0.468 e. The predicted molar refractivity (Wildman–Crippen MR) is 106 cm³/mol. The summed E-state index contributed by atoms with van der Waals surface area (Å²) in [4.78, 5) is 7.98. The first kappa shape index (κ1) is 22.0. The van der Waals surface area contributed by atoms with Crippen molar-refractivity contribution < 1.29 is 17.9 Å². The number of hydrogen-bond donors (Lipinski definition) is 2. The number of aliphatic imine (C=N–C) groups is 1. The van der Waals surface area contributed by atoms with Crippen LogP contribution in [-0.2, 0) is 13.0 Å². The van der Waals surface area contributed by atoms with Crippen LogP contribution in [-0.4, -0.2) is 23.7 Å². The normalized spacial score (nSPS) is 11.6. The molecular weight excluding hydrogens is 460 g/mol. The van der Waals surface area contributed by atoms with E-state index in [-0.39, 0.29) is 42.4 Å². The summed E-state index contributed by atoms with van der Waals surface area (Å²) >= 11 is 0. The van der Waals surface area contributed by atoms with Gasteiger partial charge in [0.05, 0.1) is 6.54 Å². The van der Waals surface area contributed by atoms with E-state index in [4.69, 9.17) is 5.73 Å². The van der Waals surface area contributed by atoms with Crippen molar-refractivity contribution >= 4 is 35.6 Å². The molecule has 0 bridgehead atoms. The number of guanidine groups is 1. The molecule has 0 aliphatic heterocycles. The van der Waals surface area contributed by atoms with Crippen molar-refractivity contribution in [2.75, 3.05) is 11.9 Å². The van der Waals surface area contributed by atoms with E-state index >= 15 is 0 Å². The van der Waals surface area contributed by atoms with Crippen molar-refractivity contribution in [1.82, 2.24) is 4.98 Å². The third kappa shape index (κ3) is 7.89. The summed E-state index contributed by atoms with van der Waals surface area (Å²) in [6.45, 7) is 0.954. The highest BCUT2D eigenvalue weighted by atomic mass is 127. The second-order valence-corrected chi connectivity index (χ2v) is 5.29. The van der Waals surface area contributed by atoms with Crippen LogP contribution in [0.4, 0.5) is 18.9 Å². The summed E-state index contributed by atoms with van der Waals surface area (Å²) in [7, 11) is 0.